The summed E-state index contributed by atoms with van der Waals surface area (Å²) in [4.78, 5) is 35.1. The van der Waals surface area contributed by atoms with Gasteiger partial charge in [-0.05, 0) is 40.2 Å². The minimum Gasteiger partial charge on any atom is -0.481 e. The number of carboxylic acids is 2. The summed E-state index contributed by atoms with van der Waals surface area (Å²) in [5.41, 5.74) is 4.61. The van der Waals surface area contributed by atoms with Crippen LogP contribution in [0.15, 0.2) is 0 Å². The highest BCUT2D eigenvalue weighted by Gasteiger charge is 2.24. The number of unbranched alkanes of at least 4 members (excludes halogenated alkanes) is 1. The lowest BCUT2D eigenvalue weighted by Crippen LogP contribution is -2.42. The van der Waals surface area contributed by atoms with Crippen molar-refractivity contribution in [3.63, 3.8) is 0 Å². The number of carbonyl (C=O) groups is 3. The van der Waals surface area contributed by atoms with Crippen LogP contribution in [0.2, 0.25) is 0 Å². The van der Waals surface area contributed by atoms with Gasteiger partial charge in [-0.25, -0.2) is 4.79 Å². The van der Waals surface area contributed by atoms with Gasteiger partial charge in [0.2, 0.25) is 0 Å². The maximum Gasteiger partial charge on any atom is 0.410 e. The van der Waals surface area contributed by atoms with Crippen molar-refractivity contribution in [2.75, 3.05) is 52.7 Å². The Kier molecular flexibility index (Phi) is 14.8. The van der Waals surface area contributed by atoms with Crippen LogP contribution in [0.25, 0.3) is 0 Å². The minimum absolute atomic E-state index is 0.0316. The molecule has 0 fully saturated rings. The van der Waals surface area contributed by atoms with Crippen molar-refractivity contribution in [3.8, 4) is 0 Å². The van der Waals surface area contributed by atoms with Gasteiger partial charge in [0.1, 0.15) is 12.1 Å². The van der Waals surface area contributed by atoms with Crippen molar-refractivity contribution < 1.29 is 43.5 Å². The van der Waals surface area contributed by atoms with Gasteiger partial charge in [-0.2, -0.15) is 0 Å². The van der Waals surface area contributed by atoms with Gasteiger partial charge in [-0.3, -0.25) is 14.5 Å². The first-order chi connectivity index (χ1) is 14.0. The van der Waals surface area contributed by atoms with Crippen LogP contribution in [0.4, 0.5) is 4.79 Å². The third-order valence-electron chi connectivity index (χ3n) is 3.51. The van der Waals surface area contributed by atoms with E-state index in [0.717, 1.165) is 17.7 Å². The van der Waals surface area contributed by atoms with E-state index in [1.807, 2.05) is 0 Å². The standard InChI is InChI=1S/C19H36N2O9/c1-19(2,3)30-18(26)21(13-17(24)25)7-9-29-15(12-16(22)23)14-28-11-10-27-8-5-4-6-20/h15H,4-14,20H2,1-3H3,(H,22,23)(H,24,25). The summed E-state index contributed by atoms with van der Waals surface area (Å²) >= 11 is 0. The van der Waals surface area contributed by atoms with E-state index in [9.17, 15) is 14.4 Å². The number of hydrogen-bond acceptors (Lipinski definition) is 8. The number of aliphatic carboxylic acids is 2. The Balaban J connectivity index is 4.40. The molecule has 30 heavy (non-hydrogen) atoms. The summed E-state index contributed by atoms with van der Waals surface area (Å²) in [6.07, 6.45) is -0.0668. The van der Waals surface area contributed by atoms with Crippen LogP contribution in [0.5, 0.6) is 0 Å². The second-order valence-electron chi connectivity index (χ2n) is 7.57. The van der Waals surface area contributed by atoms with Gasteiger partial charge in [0, 0.05) is 13.2 Å². The molecule has 11 nitrogen and oxygen atoms in total. The fourth-order valence-electron chi connectivity index (χ4n) is 2.20. The van der Waals surface area contributed by atoms with E-state index in [1.54, 1.807) is 20.8 Å². The molecule has 0 saturated carbocycles. The predicted octanol–water partition coefficient (Wildman–Crippen LogP) is 0.940. The molecule has 0 rings (SSSR count). The van der Waals surface area contributed by atoms with Gasteiger partial charge >= 0.3 is 18.0 Å². The van der Waals surface area contributed by atoms with Crippen molar-refractivity contribution in [1.29, 1.82) is 0 Å². The summed E-state index contributed by atoms with van der Waals surface area (Å²) in [6.45, 7) is 6.20. The van der Waals surface area contributed by atoms with Crippen LogP contribution in [0.3, 0.4) is 0 Å². The summed E-state index contributed by atoms with van der Waals surface area (Å²) in [7, 11) is 0. The molecule has 4 N–H and O–H groups in total. The average molecular weight is 437 g/mol. The maximum absolute atomic E-state index is 12.1. The van der Waals surface area contributed by atoms with Gasteiger partial charge in [-0.1, -0.05) is 0 Å². The van der Waals surface area contributed by atoms with Gasteiger partial charge in [0.25, 0.3) is 0 Å². The molecule has 0 aromatic heterocycles. The highest BCUT2D eigenvalue weighted by atomic mass is 16.6. The molecule has 0 aromatic rings. The second-order valence-corrected chi connectivity index (χ2v) is 7.57. The molecule has 0 heterocycles. The van der Waals surface area contributed by atoms with E-state index < -0.39 is 36.3 Å². The van der Waals surface area contributed by atoms with Crippen molar-refractivity contribution >= 4 is 18.0 Å². The molecule has 1 atom stereocenters. The molecule has 0 aliphatic rings. The number of rotatable bonds is 17. The van der Waals surface area contributed by atoms with Gasteiger partial charge < -0.3 is 34.9 Å². The second kappa shape index (κ2) is 15.8. The highest BCUT2D eigenvalue weighted by Crippen LogP contribution is 2.10. The Morgan fingerprint density at radius 1 is 0.967 bits per heavy atom. The molecule has 0 radical (unpaired) electrons. The predicted molar refractivity (Wildman–Crippen MR) is 107 cm³/mol. The van der Waals surface area contributed by atoms with E-state index in [4.69, 9.17) is 34.9 Å². The normalized spacial score (nSPS) is 12.4. The van der Waals surface area contributed by atoms with Crippen LogP contribution in [-0.4, -0.2) is 97.5 Å². The summed E-state index contributed by atoms with van der Waals surface area (Å²) in [5, 5.41) is 18.0. The number of nitrogens with zero attached hydrogens (tertiary/aromatic N) is 1. The van der Waals surface area contributed by atoms with E-state index in [2.05, 4.69) is 0 Å². The fourth-order valence-corrected chi connectivity index (χ4v) is 2.20. The molecule has 0 aliphatic heterocycles. The monoisotopic (exact) mass is 436 g/mol. The molecule has 11 heteroatoms. The molecule has 0 bridgehead atoms. The van der Waals surface area contributed by atoms with E-state index in [0.29, 0.717) is 19.8 Å². The first-order valence-electron chi connectivity index (χ1n) is 9.93. The van der Waals surface area contributed by atoms with Crippen LogP contribution in [0.1, 0.15) is 40.0 Å². The van der Waals surface area contributed by atoms with Crippen molar-refractivity contribution in [2.45, 2.75) is 51.7 Å². The van der Waals surface area contributed by atoms with Crippen molar-refractivity contribution in [1.82, 2.24) is 4.90 Å². The third kappa shape index (κ3) is 17.0. The van der Waals surface area contributed by atoms with Crippen LogP contribution in [-0.2, 0) is 28.5 Å². The molecule has 1 amide bonds. The summed E-state index contributed by atoms with van der Waals surface area (Å²) < 4.78 is 21.4. The first-order valence-corrected chi connectivity index (χ1v) is 9.93. The average Bonchev–Trinajstić information content (AvgIpc) is 2.60. The molecule has 1 unspecified atom stereocenters. The Morgan fingerprint density at radius 2 is 1.63 bits per heavy atom. The van der Waals surface area contributed by atoms with Gasteiger partial charge in [-0.15, -0.1) is 0 Å². The Morgan fingerprint density at radius 3 is 2.20 bits per heavy atom. The SMILES string of the molecule is CC(C)(C)OC(=O)N(CCOC(COCCOCCCCN)CC(=O)O)CC(=O)O. The molecular weight excluding hydrogens is 400 g/mol. The molecule has 0 spiro atoms. The number of carboxylic acid groups (broad SMARTS) is 2. The smallest absolute Gasteiger partial charge is 0.410 e. The van der Waals surface area contributed by atoms with Crippen molar-refractivity contribution in [3.05, 3.63) is 0 Å². The topological polar surface area (TPSA) is 158 Å². The number of hydrogen-bond donors (Lipinski definition) is 3. The van der Waals surface area contributed by atoms with E-state index >= 15 is 0 Å². The molecule has 176 valence electrons. The van der Waals surface area contributed by atoms with Crippen LogP contribution < -0.4 is 5.73 Å². The van der Waals surface area contributed by atoms with E-state index in [-0.39, 0.29) is 32.8 Å². The quantitative estimate of drug-likeness (QED) is 0.280. The van der Waals surface area contributed by atoms with Crippen LogP contribution >= 0.6 is 0 Å². The molecule has 0 aromatic carbocycles. The Labute approximate surface area is 177 Å². The largest absolute Gasteiger partial charge is 0.481 e. The fraction of sp³-hybridized carbons (Fsp3) is 0.842. The lowest BCUT2D eigenvalue weighted by molar-refractivity contribution is -0.142. The zero-order valence-electron chi connectivity index (χ0n) is 18.1. The lowest BCUT2D eigenvalue weighted by Gasteiger charge is -2.27. The lowest BCUT2D eigenvalue weighted by atomic mass is 10.2. The highest BCUT2D eigenvalue weighted by molar-refractivity contribution is 5.76. The van der Waals surface area contributed by atoms with Crippen molar-refractivity contribution in [2.24, 2.45) is 5.73 Å². The number of carbonyl (C=O) groups excluding carboxylic acids is 1. The summed E-state index contributed by atoms with van der Waals surface area (Å²) in [5.74, 6) is -2.26. The molecule has 0 saturated heterocycles. The number of amides is 1. The Hall–Kier alpha value is -1.95. The van der Waals surface area contributed by atoms with Gasteiger partial charge in [0.15, 0.2) is 0 Å². The first kappa shape index (κ1) is 28.1. The number of ether oxygens (including phenoxy) is 4. The van der Waals surface area contributed by atoms with E-state index in [1.165, 1.54) is 0 Å². The Bertz CT molecular complexity index is 509. The van der Waals surface area contributed by atoms with Crippen LogP contribution in [0, 0.1) is 0 Å². The minimum atomic E-state index is -1.20. The molecule has 0 aliphatic carbocycles. The zero-order valence-corrected chi connectivity index (χ0v) is 18.1. The zero-order chi connectivity index (χ0) is 23.0. The maximum atomic E-state index is 12.1. The third-order valence-corrected chi connectivity index (χ3v) is 3.51. The number of nitrogens with two attached hydrogens (primary N) is 1. The summed E-state index contributed by atoms with van der Waals surface area (Å²) in [6, 6.07) is 0. The van der Waals surface area contributed by atoms with Gasteiger partial charge in [0.05, 0.1) is 39.0 Å². The molecular formula is C19H36N2O9.